The van der Waals surface area contributed by atoms with E-state index in [1.165, 1.54) is 116 Å². The SMILES string of the molecule is CCCCCCCCC=CCCCCCCC(CCCC)C(=O)O.CCCCCCCCCCCCOS(=O)(=O)O.O=S(=O)(O)O.[H-].[H-].[K+].[Na+]. The second-order valence-corrected chi connectivity index (χ2v) is 14.1. The summed E-state index contributed by atoms with van der Waals surface area (Å²) in [6.07, 6.45) is 35.8. The van der Waals surface area contributed by atoms with Crippen molar-refractivity contribution in [1.29, 1.82) is 0 Å². The van der Waals surface area contributed by atoms with E-state index in [1.807, 2.05) is 0 Å². The molecular formula is C34H72KNaO10S2. The Kier molecular flexibility index (Phi) is 54.9. The predicted octanol–water partition coefficient (Wildman–Crippen LogP) is 4.83. The number of allylic oxidation sites excluding steroid dienone is 2. The zero-order valence-electron chi connectivity index (χ0n) is 33.4. The van der Waals surface area contributed by atoms with Crippen LogP contribution in [0.25, 0.3) is 0 Å². The van der Waals surface area contributed by atoms with E-state index in [0.717, 1.165) is 44.9 Å². The third-order valence-corrected chi connectivity index (χ3v) is 8.01. The van der Waals surface area contributed by atoms with Crippen molar-refractivity contribution in [3.63, 3.8) is 0 Å². The summed E-state index contributed by atoms with van der Waals surface area (Å²) in [5.74, 6) is -0.705. The van der Waals surface area contributed by atoms with Gasteiger partial charge in [-0.15, -0.1) is 0 Å². The number of carboxylic acid groups (broad SMARTS) is 1. The molecule has 0 aliphatic heterocycles. The number of hydrogen-bond donors (Lipinski definition) is 4. The van der Waals surface area contributed by atoms with Crippen molar-refractivity contribution < 1.29 is 128 Å². The Balaban J connectivity index is -0.000000125. The molecule has 0 aromatic rings. The van der Waals surface area contributed by atoms with E-state index in [0.29, 0.717) is 6.42 Å². The molecule has 0 rings (SSSR count). The molecule has 0 radical (unpaired) electrons. The van der Waals surface area contributed by atoms with Gasteiger partial charge in [0, 0.05) is 0 Å². The zero-order valence-corrected chi connectivity index (χ0v) is 38.1. The van der Waals surface area contributed by atoms with Crippen LogP contribution in [0.1, 0.15) is 191 Å². The molecule has 0 heterocycles. The molecule has 0 fully saturated rings. The minimum atomic E-state index is -4.67. The van der Waals surface area contributed by atoms with E-state index in [-0.39, 0.29) is 96.3 Å². The Bertz CT molecular complexity index is 892. The summed E-state index contributed by atoms with van der Waals surface area (Å²) in [4.78, 5) is 11.2. The van der Waals surface area contributed by atoms with Gasteiger partial charge in [0.15, 0.2) is 0 Å². The van der Waals surface area contributed by atoms with Crippen molar-refractivity contribution >= 4 is 26.8 Å². The van der Waals surface area contributed by atoms with Gasteiger partial charge in [0.1, 0.15) is 0 Å². The molecule has 0 bridgehead atoms. The number of unbranched alkanes of at least 4 members (excludes halogenated alkanes) is 20. The first-order valence-corrected chi connectivity index (χ1v) is 20.7. The van der Waals surface area contributed by atoms with Crippen molar-refractivity contribution in [2.45, 2.75) is 188 Å². The largest absolute Gasteiger partial charge is 1.00 e. The molecule has 1 unspecified atom stereocenters. The third-order valence-electron chi connectivity index (χ3n) is 7.55. The summed E-state index contributed by atoms with van der Waals surface area (Å²) in [7, 11) is -8.90. The maximum Gasteiger partial charge on any atom is 1.00 e. The Morgan fingerprint density at radius 1 is 0.583 bits per heavy atom. The maximum absolute atomic E-state index is 11.2. The number of carboxylic acids is 1. The first kappa shape index (κ1) is 58.9. The van der Waals surface area contributed by atoms with Crippen LogP contribution in [0.15, 0.2) is 12.2 Å². The molecule has 282 valence electrons. The van der Waals surface area contributed by atoms with E-state index in [4.69, 9.17) is 22.1 Å². The Labute approximate surface area is 363 Å². The van der Waals surface area contributed by atoms with E-state index < -0.39 is 26.8 Å². The third kappa shape index (κ3) is 65.9. The molecule has 0 saturated carbocycles. The summed E-state index contributed by atoms with van der Waals surface area (Å²) in [5, 5.41) is 9.19. The normalized spacial score (nSPS) is 11.8. The van der Waals surface area contributed by atoms with Crippen LogP contribution in [-0.2, 0) is 29.8 Å². The van der Waals surface area contributed by atoms with Crippen molar-refractivity contribution in [1.82, 2.24) is 0 Å². The van der Waals surface area contributed by atoms with E-state index >= 15 is 0 Å². The fourth-order valence-corrected chi connectivity index (χ4v) is 5.21. The van der Waals surface area contributed by atoms with Crippen molar-refractivity contribution in [3.05, 3.63) is 12.2 Å². The quantitative estimate of drug-likeness (QED) is 0.0343. The van der Waals surface area contributed by atoms with Crippen molar-refractivity contribution in [2.75, 3.05) is 6.61 Å². The average molecular weight is 767 g/mol. The van der Waals surface area contributed by atoms with Crippen molar-refractivity contribution in [2.24, 2.45) is 5.92 Å². The van der Waals surface area contributed by atoms with Crippen LogP contribution in [0.5, 0.6) is 0 Å². The minimum absolute atomic E-state index is 0. The van der Waals surface area contributed by atoms with Gasteiger partial charge in [-0.3, -0.25) is 18.5 Å². The Morgan fingerprint density at radius 3 is 1.25 bits per heavy atom. The van der Waals surface area contributed by atoms with Crippen LogP contribution in [0.2, 0.25) is 0 Å². The second kappa shape index (κ2) is 44.7. The smallest absolute Gasteiger partial charge is 1.00 e. The number of carbonyl (C=O) groups is 1. The van der Waals surface area contributed by atoms with Crippen LogP contribution in [0, 0.1) is 5.92 Å². The average Bonchev–Trinajstić information content (AvgIpc) is 2.96. The molecule has 0 saturated heterocycles. The number of rotatable bonds is 30. The van der Waals surface area contributed by atoms with E-state index in [2.05, 4.69) is 37.1 Å². The van der Waals surface area contributed by atoms with Gasteiger partial charge < -0.3 is 7.96 Å². The van der Waals surface area contributed by atoms with Gasteiger partial charge in [0.05, 0.1) is 12.5 Å². The molecule has 10 nitrogen and oxygen atoms in total. The van der Waals surface area contributed by atoms with Crippen LogP contribution in [0.3, 0.4) is 0 Å². The molecule has 0 spiro atoms. The minimum Gasteiger partial charge on any atom is -1.00 e. The monoisotopic (exact) mass is 766 g/mol. The first-order valence-electron chi connectivity index (χ1n) is 18.0. The first-order chi connectivity index (χ1) is 21.8. The number of aliphatic carboxylic acids is 1. The summed E-state index contributed by atoms with van der Waals surface area (Å²) < 4.78 is 64.6. The zero-order chi connectivity index (χ0) is 35.4. The van der Waals surface area contributed by atoms with Gasteiger partial charge >= 0.3 is 108 Å². The van der Waals surface area contributed by atoms with Gasteiger partial charge in [-0.05, 0) is 44.9 Å². The number of hydrogen-bond acceptors (Lipinski definition) is 6. The van der Waals surface area contributed by atoms with Gasteiger partial charge in [0.25, 0.3) is 0 Å². The second-order valence-electron chi connectivity index (χ2n) is 12.1. The summed E-state index contributed by atoms with van der Waals surface area (Å²) in [5.41, 5.74) is 0. The van der Waals surface area contributed by atoms with E-state index in [1.54, 1.807) is 0 Å². The predicted molar refractivity (Wildman–Crippen MR) is 191 cm³/mol. The molecule has 0 aromatic heterocycles. The molecule has 4 N–H and O–H groups in total. The molecule has 0 aromatic carbocycles. The summed E-state index contributed by atoms with van der Waals surface area (Å²) in [6, 6.07) is 0. The van der Waals surface area contributed by atoms with Crippen molar-refractivity contribution in [3.8, 4) is 0 Å². The molecule has 0 aliphatic rings. The molecule has 48 heavy (non-hydrogen) atoms. The van der Waals surface area contributed by atoms with E-state index in [9.17, 15) is 18.3 Å². The fourth-order valence-electron chi connectivity index (χ4n) is 4.88. The standard InChI is InChI=1S/C22H42O2.C12H26O4S.K.Na.H2O4S.2H/c1-3-5-7-8-9-10-11-12-13-14-15-16-17-18-20-21(22(23)24)19-6-4-2;1-2-3-4-5-6-7-8-9-10-11-12-16-17(13,14)15;;;1-5(2,3)4;;/h12-13,21H,3-11,14-20H2,1-2H3,(H,23,24);2-12H2,1H3,(H,13,14,15);;;(H2,1,2,3,4);;/q;;2*+1;;2*-1. The van der Waals surface area contributed by atoms with Gasteiger partial charge in [-0.2, -0.15) is 16.8 Å². The van der Waals surface area contributed by atoms with Crippen LogP contribution >= 0.6 is 0 Å². The summed E-state index contributed by atoms with van der Waals surface area (Å²) >= 11 is 0. The fraction of sp³-hybridized carbons (Fsp3) is 0.912. The maximum atomic E-state index is 11.2. The van der Waals surface area contributed by atoms with Crippen LogP contribution in [0.4, 0.5) is 0 Å². The van der Waals surface area contributed by atoms with Gasteiger partial charge in [-0.25, -0.2) is 4.18 Å². The van der Waals surface area contributed by atoms with Crippen LogP contribution in [-0.4, -0.2) is 48.2 Å². The molecular weight excluding hydrogens is 695 g/mol. The van der Waals surface area contributed by atoms with Gasteiger partial charge in [-0.1, -0.05) is 155 Å². The molecule has 0 aliphatic carbocycles. The topological polar surface area (TPSA) is 175 Å². The molecule has 0 amide bonds. The molecule has 1 atom stereocenters. The van der Waals surface area contributed by atoms with Gasteiger partial charge in [0.2, 0.25) is 0 Å². The Morgan fingerprint density at radius 2 is 0.896 bits per heavy atom. The Hall–Kier alpha value is 1.59. The molecule has 14 heteroatoms. The van der Waals surface area contributed by atoms with Crippen LogP contribution < -0.4 is 80.9 Å². The summed E-state index contributed by atoms with van der Waals surface area (Å²) in [6.45, 7) is 6.70.